The van der Waals surface area contributed by atoms with Gasteiger partial charge in [-0.2, -0.15) is 0 Å². The fourth-order valence-electron chi connectivity index (χ4n) is 3.69. The van der Waals surface area contributed by atoms with Crippen molar-refractivity contribution in [3.8, 4) is 0 Å². The van der Waals surface area contributed by atoms with Crippen molar-refractivity contribution in [2.75, 3.05) is 4.90 Å². The van der Waals surface area contributed by atoms with Crippen LogP contribution >= 0.6 is 11.3 Å². The number of nitrogens with one attached hydrogen (secondary N) is 1. The van der Waals surface area contributed by atoms with Gasteiger partial charge >= 0.3 is 0 Å². The van der Waals surface area contributed by atoms with Gasteiger partial charge in [-0.15, -0.1) is 16.4 Å². The molecule has 0 saturated heterocycles. The number of benzene rings is 2. The van der Waals surface area contributed by atoms with E-state index in [1.54, 1.807) is 9.58 Å². The minimum Gasteiger partial charge on any atom is -0.349 e. The van der Waals surface area contributed by atoms with Crippen LogP contribution in [0.3, 0.4) is 0 Å². The summed E-state index contributed by atoms with van der Waals surface area (Å²) in [4.78, 5) is 29.9. The monoisotopic (exact) mass is 475 g/mol. The molecule has 0 radical (unpaired) electrons. The van der Waals surface area contributed by atoms with E-state index in [0.29, 0.717) is 5.69 Å². The number of nitrogens with zero attached hydrogens (tertiary/aromatic N) is 4. The van der Waals surface area contributed by atoms with Gasteiger partial charge in [-0.3, -0.25) is 14.5 Å². The van der Waals surface area contributed by atoms with E-state index in [1.165, 1.54) is 11.3 Å². The number of rotatable bonds is 8. The van der Waals surface area contributed by atoms with Crippen LogP contribution in [0, 0.1) is 6.92 Å². The summed E-state index contributed by atoms with van der Waals surface area (Å²) >= 11 is 1.46. The fourth-order valence-corrected chi connectivity index (χ4v) is 4.50. The molecule has 176 valence electrons. The highest BCUT2D eigenvalue weighted by molar-refractivity contribution is 7.10. The van der Waals surface area contributed by atoms with Crippen LogP contribution in [-0.4, -0.2) is 32.3 Å². The van der Waals surface area contributed by atoms with Crippen molar-refractivity contribution in [1.82, 2.24) is 20.3 Å². The number of amides is 2. The first-order chi connectivity index (χ1) is 16.3. The van der Waals surface area contributed by atoms with Gasteiger partial charge in [0.25, 0.3) is 0 Å². The molecule has 7 nitrogen and oxygen atoms in total. The van der Waals surface area contributed by atoms with E-state index in [1.807, 2.05) is 93.7 Å². The summed E-state index contributed by atoms with van der Waals surface area (Å²) in [5.74, 6) is -0.464. The minimum atomic E-state index is -0.809. The van der Waals surface area contributed by atoms with Gasteiger partial charge in [0, 0.05) is 16.1 Å². The van der Waals surface area contributed by atoms with Gasteiger partial charge < -0.3 is 5.32 Å². The van der Waals surface area contributed by atoms with E-state index in [0.717, 1.165) is 27.9 Å². The molecule has 0 fully saturated rings. The van der Waals surface area contributed by atoms with Gasteiger partial charge in [-0.25, -0.2) is 4.68 Å². The lowest BCUT2D eigenvalue weighted by Crippen LogP contribution is -2.50. The highest BCUT2D eigenvalue weighted by Gasteiger charge is 2.35. The molecular weight excluding hydrogens is 446 g/mol. The third kappa shape index (κ3) is 5.02. The van der Waals surface area contributed by atoms with Crippen molar-refractivity contribution < 1.29 is 9.59 Å². The summed E-state index contributed by atoms with van der Waals surface area (Å²) in [5.41, 5.74) is 2.81. The van der Waals surface area contributed by atoms with Crippen molar-refractivity contribution in [1.29, 1.82) is 0 Å². The standard InChI is InChI=1S/C26H29N5O2S/c1-5-26(3,4)27-25(33)24(22-11-8-16-34-22)31(19-14-12-18(2)13-15-19)23(32)17-30-21-10-7-6-9-20(21)28-29-30/h6-16,24H,5,17H2,1-4H3,(H,27,33). The average Bonchev–Trinajstić information content (AvgIpc) is 3.48. The lowest BCUT2D eigenvalue weighted by Gasteiger charge is -2.34. The van der Waals surface area contributed by atoms with Crippen molar-refractivity contribution >= 4 is 39.9 Å². The first-order valence-electron chi connectivity index (χ1n) is 11.3. The quantitative estimate of drug-likeness (QED) is 0.394. The summed E-state index contributed by atoms with van der Waals surface area (Å²) < 4.78 is 1.58. The molecule has 1 atom stereocenters. The zero-order valence-electron chi connectivity index (χ0n) is 19.9. The number of hydrogen-bond acceptors (Lipinski definition) is 5. The predicted molar refractivity (Wildman–Crippen MR) is 136 cm³/mol. The molecule has 0 aliphatic rings. The molecule has 0 aliphatic heterocycles. The molecule has 2 amide bonds. The van der Waals surface area contributed by atoms with E-state index in [-0.39, 0.29) is 18.4 Å². The van der Waals surface area contributed by atoms with E-state index in [4.69, 9.17) is 0 Å². The zero-order valence-corrected chi connectivity index (χ0v) is 20.7. The maximum Gasteiger partial charge on any atom is 0.249 e. The van der Waals surface area contributed by atoms with Crippen LogP contribution in [0.4, 0.5) is 5.69 Å². The predicted octanol–water partition coefficient (Wildman–Crippen LogP) is 4.88. The Balaban J connectivity index is 1.77. The summed E-state index contributed by atoms with van der Waals surface area (Å²) in [7, 11) is 0. The molecule has 0 spiro atoms. The van der Waals surface area contributed by atoms with E-state index in [9.17, 15) is 9.59 Å². The number of aryl methyl sites for hydroxylation is 1. The molecule has 8 heteroatoms. The number of carbonyl (C=O) groups is 2. The SMILES string of the molecule is CCC(C)(C)NC(=O)C(c1cccs1)N(C(=O)Cn1nnc2ccccc21)c1ccc(C)cc1. The van der Waals surface area contributed by atoms with Gasteiger partial charge in [0.1, 0.15) is 18.1 Å². The second kappa shape index (κ2) is 9.77. The van der Waals surface area contributed by atoms with Crippen LogP contribution in [0.1, 0.15) is 43.7 Å². The lowest BCUT2D eigenvalue weighted by molar-refractivity contribution is -0.128. The smallest absolute Gasteiger partial charge is 0.249 e. The topological polar surface area (TPSA) is 80.1 Å². The normalized spacial score (nSPS) is 12.5. The maximum atomic E-state index is 13.9. The largest absolute Gasteiger partial charge is 0.349 e. The van der Waals surface area contributed by atoms with Crippen LogP contribution < -0.4 is 10.2 Å². The van der Waals surface area contributed by atoms with Crippen LogP contribution in [0.2, 0.25) is 0 Å². The average molecular weight is 476 g/mol. The van der Waals surface area contributed by atoms with Gasteiger partial charge in [-0.1, -0.05) is 48.0 Å². The lowest BCUT2D eigenvalue weighted by atomic mass is 10.0. The van der Waals surface area contributed by atoms with Gasteiger partial charge in [0.15, 0.2) is 0 Å². The first kappa shape index (κ1) is 23.6. The molecule has 34 heavy (non-hydrogen) atoms. The van der Waals surface area contributed by atoms with E-state index in [2.05, 4.69) is 15.6 Å². The van der Waals surface area contributed by atoms with E-state index < -0.39 is 11.6 Å². The molecule has 2 heterocycles. The van der Waals surface area contributed by atoms with E-state index >= 15 is 0 Å². The molecule has 4 aromatic rings. The van der Waals surface area contributed by atoms with Crippen LogP contribution in [0.15, 0.2) is 66.0 Å². The minimum absolute atomic E-state index is 0.0410. The van der Waals surface area contributed by atoms with Crippen LogP contribution in [-0.2, 0) is 16.1 Å². The van der Waals surface area contributed by atoms with Gasteiger partial charge in [-0.05, 0) is 62.9 Å². The number of thiophene rings is 1. The Morgan fingerprint density at radius 1 is 1.09 bits per heavy atom. The second-order valence-corrected chi connectivity index (χ2v) is 9.96. The Bertz CT molecular complexity index is 1280. The molecular formula is C26H29N5O2S. The van der Waals surface area contributed by atoms with Crippen molar-refractivity contribution in [2.24, 2.45) is 0 Å². The Hall–Kier alpha value is -3.52. The molecule has 2 aromatic carbocycles. The summed E-state index contributed by atoms with van der Waals surface area (Å²) in [5, 5.41) is 13.4. The van der Waals surface area contributed by atoms with Crippen molar-refractivity contribution in [2.45, 2.75) is 52.2 Å². The molecule has 4 rings (SSSR count). The van der Waals surface area contributed by atoms with Crippen molar-refractivity contribution in [3.05, 3.63) is 76.5 Å². The third-order valence-electron chi connectivity index (χ3n) is 5.95. The summed E-state index contributed by atoms with van der Waals surface area (Å²) in [6.07, 6.45) is 0.763. The molecule has 1 unspecified atom stereocenters. The molecule has 1 N–H and O–H groups in total. The molecule has 0 aliphatic carbocycles. The maximum absolute atomic E-state index is 13.9. The number of hydrogen-bond donors (Lipinski definition) is 1. The fraction of sp³-hybridized carbons (Fsp3) is 0.308. The van der Waals surface area contributed by atoms with Crippen LogP contribution in [0.25, 0.3) is 11.0 Å². The number of carbonyl (C=O) groups excluding carboxylic acids is 2. The number of aromatic nitrogens is 3. The van der Waals surface area contributed by atoms with Gasteiger partial charge in [0.05, 0.1) is 5.52 Å². The second-order valence-electron chi connectivity index (χ2n) is 8.98. The molecule has 0 saturated carbocycles. The van der Waals surface area contributed by atoms with Crippen molar-refractivity contribution in [3.63, 3.8) is 0 Å². The number of para-hydroxylation sites is 1. The Labute approximate surface area is 203 Å². The Kier molecular flexibility index (Phi) is 6.79. The Morgan fingerprint density at radius 2 is 1.82 bits per heavy atom. The zero-order chi connectivity index (χ0) is 24.3. The third-order valence-corrected chi connectivity index (χ3v) is 6.88. The molecule has 2 aromatic heterocycles. The van der Waals surface area contributed by atoms with Crippen LogP contribution in [0.5, 0.6) is 0 Å². The first-order valence-corrected chi connectivity index (χ1v) is 12.2. The number of fused-ring (bicyclic) bond motifs is 1. The number of anilines is 1. The molecule has 0 bridgehead atoms. The Morgan fingerprint density at radius 3 is 2.50 bits per heavy atom. The summed E-state index contributed by atoms with van der Waals surface area (Å²) in [6.45, 7) is 7.94. The van der Waals surface area contributed by atoms with Gasteiger partial charge in [0.2, 0.25) is 11.8 Å². The highest BCUT2D eigenvalue weighted by atomic mass is 32.1. The highest BCUT2D eigenvalue weighted by Crippen LogP contribution is 2.32. The summed E-state index contributed by atoms with van der Waals surface area (Å²) in [6, 6.07) is 18.1.